The van der Waals surface area contributed by atoms with Gasteiger partial charge in [-0.1, -0.05) is 70.0 Å². The van der Waals surface area contributed by atoms with Gasteiger partial charge in [-0.05, 0) is 94.9 Å². The summed E-state index contributed by atoms with van der Waals surface area (Å²) in [6, 6.07) is 2.54. The van der Waals surface area contributed by atoms with Crippen molar-refractivity contribution in [1.29, 1.82) is 0 Å². The molecule has 2 saturated heterocycles. The van der Waals surface area contributed by atoms with E-state index in [4.69, 9.17) is 39.9 Å². The Bertz CT molecular complexity index is 2460. The number of carbonyl (C=O) groups excluding carboxylic acids is 9. The first-order chi connectivity index (χ1) is 37.1. The van der Waals surface area contributed by atoms with Crippen LogP contribution in [0.25, 0.3) is 0 Å². The maximum atomic E-state index is 14.3. The summed E-state index contributed by atoms with van der Waals surface area (Å²) < 4.78 is 36.3. The fraction of sp³-hybridized carbons (Fsp3) is 0.625. The Morgan fingerprint density at radius 1 is 0.846 bits per heavy atom. The maximum absolute atomic E-state index is 14.3. The van der Waals surface area contributed by atoms with Crippen molar-refractivity contribution in [2.45, 2.75) is 167 Å². The summed E-state index contributed by atoms with van der Waals surface area (Å²) in [5.41, 5.74) is 10.3. The van der Waals surface area contributed by atoms with E-state index in [1.54, 1.807) is 52.0 Å². The number of esters is 4. The van der Waals surface area contributed by atoms with Crippen LogP contribution >= 0.6 is 0 Å². The number of nitrogens with two attached hydrogens (primary N) is 2. The lowest BCUT2D eigenvalue weighted by Crippen LogP contribution is -2.67. The van der Waals surface area contributed by atoms with Crippen LogP contribution in [-0.2, 0) is 66.8 Å². The van der Waals surface area contributed by atoms with Crippen LogP contribution in [0.15, 0.2) is 60.2 Å². The number of primary amides is 1. The van der Waals surface area contributed by atoms with Gasteiger partial charge in [0.1, 0.15) is 42.5 Å². The van der Waals surface area contributed by atoms with Crippen LogP contribution in [0.2, 0.25) is 0 Å². The van der Waals surface area contributed by atoms with E-state index in [2.05, 4.69) is 26.6 Å². The molecular weight excluding hydrogens is 1010 g/mol. The second kappa shape index (κ2) is 27.3. The molecule has 9 N–H and O–H groups in total. The second-order valence-corrected chi connectivity index (χ2v) is 21.7. The lowest BCUT2D eigenvalue weighted by Gasteiger charge is -2.58. The third-order valence-corrected chi connectivity index (χ3v) is 16.0. The standard InChI is InChI=1S/C56H79N7O15/c1-33(2)48(62-43(64)14-8-7-11-26-57)51(70)61-39(13-12-27-59-53(58)72)50(69)60-38-19-17-37(18-20-38)36(5)76-47(68)22-21-44(65)63-49-35(4)24-28-73-45(66)15-9-10-16-46(67)78-40-30-42-56(32-75-56)54(40,6)55(31-74-52(49)71)25-23-34(3)29-41(55)77-42/h9-10,15-20,29,33,35-36,39-42,48-49H,7-8,11-14,21-28,30-32,57H2,1-6H3,(H,60,69)(H,61,70)(H,62,64)(H,63,65)(H3,58,59,72)/b15-9+,16-10-/t35-,36?,39+,40-,41-,42-,48+,49-,54-,55-,56+/m1/s1. The van der Waals surface area contributed by atoms with Gasteiger partial charge in [0.2, 0.25) is 23.6 Å². The average Bonchev–Trinajstić information content (AvgIpc) is 2.04. The molecule has 1 aromatic rings. The molecule has 0 radical (unpaired) electrons. The molecule has 1 unspecified atom stereocenters. The van der Waals surface area contributed by atoms with Gasteiger partial charge in [0, 0.05) is 49.1 Å². The Morgan fingerprint density at radius 3 is 2.24 bits per heavy atom. The summed E-state index contributed by atoms with van der Waals surface area (Å²) in [4.78, 5) is 118. The highest BCUT2D eigenvalue weighted by molar-refractivity contribution is 5.98. The van der Waals surface area contributed by atoms with E-state index in [0.717, 1.165) is 24.5 Å². The number of rotatable bonds is 21. The van der Waals surface area contributed by atoms with Crippen LogP contribution in [0, 0.1) is 22.7 Å². The number of allylic oxidation sites excluding steroid dienone is 3. The van der Waals surface area contributed by atoms with E-state index >= 15 is 0 Å². The summed E-state index contributed by atoms with van der Waals surface area (Å²) in [6.45, 7) is 11.8. The summed E-state index contributed by atoms with van der Waals surface area (Å²) in [7, 11) is 0. The number of benzene rings is 1. The van der Waals surface area contributed by atoms with Crippen molar-refractivity contribution in [1.82, 2.24) is 21.3 Å². The van der Waals surface area contributed by atoms with E-state index in [9.17, 15) is 43.2 Å². The molecule has 3 aliphatic heterocycles. The van der Waals surface area contributed by atoms with Crippen LogP contribution in [0.1, 0.15) is 130 Å². The third-order valence-electron chi connectivity index (χ3n) is 16.0. The minimum Gasteiger partial charge on any atom is -0.463 e. The minimum absolute atomic E-state index is 0.105. The molecule has 3 fully saturated rings. The molecule has 2 bridgehead atoms. The molecule has 5 aliphatic rings. The van der Waals surface area contributed by atoms with Crippen LogP contribution in [-0.4, -0.2) is 128 Å². The lowest BCUT2D eigenvalue weighted by molar-refractivity contribution is -0.233. The molecule has 428 valence electrons. The minimum atomic E-state index is -1.22. The number of hydrogen-bond acceptors (Lipinski definition) is 16. The number of ether oxygens (including phenoxy) is 6. The van der Waals surface area contributed by atoms with E-state index in [-0.39, 0.29) is 69.8 Å². The SMILES string of the molecule is CC1=C[C@H]2O[C@@H]3C[C@H]4OC(=O)/C=C\C=C\C(=O)OCC[C@@H](C)[C@@H](NC(=O)CCC(=O)OC(C)c5ccc(NC(=O)[C@H](CCCNC(N)=O)NC(=O)[C@@H](NC(=O)CCCCCN)C(C)C)cc5)C(=O)OC[C@@]2(CC1)[C@]4(C)[C@]31CO1. The Hall–Kier alpha value is -6.65. The van der Waals surface area contributed by atoms with Crippen LogP contribution < -0.4 is 38.1 Å². The van der Waals surface area contributed by atoms with Gasteiger partial charge in [-0.3, -0.25) is 24.0 Å². The molecule has 1 saturated carbocycles. The first kappa shape index (κ1) is 60.6. The van der Waals surface area contributed by atoms with E-state index < -0.39 is 106 Å². The smallest absolute Gasteiger partial charge is 0.331 e. The van der Waals surface area contributed by atoms with Gasteiger partial charge in [-0.25, -0.2) is 19.2 Å². The highest BCUT2D eigenvalue weighted by Crippen LogP contribution is 2.72. The molecule has 11 atom stereocenters. The Labute approximate surface area is 455 Å². The zero-order chi connectivity index (χ0) is 56.8. The van der Waals surface area contributed by atoms with Crippen molar-refractivity contribution in [3.8, 4) is 0 Å². The summed E-state index contributed by atoms with van der Waals surface area (Å²) in [5, 5.41) is 13.6. The molecule has 0 aromatic heterocycles. The van der Waals surface area contributed by atoms with Gasteiger partial charge in [0.15, 0.2) is 0 Å². The maximum Gasteiger partial charge on any atom is 0.331 e. The van der Waals surface area contributed by atoms with Crippen molar-refractivity contribution >= 4 is 59.2 Å². The summed E-state index contributed by atoms with van der Waals surface area (Å²) in [5.74, 6) is -5.66. The lowest BCUT2D eigenvalue weighted by atomic mass is 9.51. The quantitative estimate of drug-likeness (QED) is 0.0302. The number of nitrogens with one attached hydrogen (secondary N) is 5. The number of amides is 6. The zero-order valence-corrected chi connectivity index (χ0v) is 45.7. The van der Waals surface area contributed by atoms with Gasteiger partial charge >= 0.3 is 29.9 Å². The monoisotopic (exact) mass is 1090 g/mol. The molecule has 78 heavy (non-hydrogen) atoms. The predicted molar refractivity (Wildman–Crippen MR) is 283 cm³/mol. The molecule has 1 aromatic carbocycles. The fourth-order valence-electron chi connectivity index (χ4n) is 11.2. The van der Waals surface area contributed by atoms with Crippen molar-refractivity contribution in [2.24, 2.45) is 34.1 Å². The number of hydrogen-bond donors (Lipinski definition) is 7. The number of carbonyl (C=O) groups is 9. The number of urea groups is 1. The average molecular weight is 1090 g/mol. The molecule has 2 spiro atoms. The first-order valence-electron chi connectivity index (χ1n) is 27.2. The van der Waals surface area contributed by atoms with Crippen LogP contribution in [0.3, 0.4) is 0 Å². The van der Waals surface area contributed by atoms with Gasteiger partial charge < -0.3 is 66.5 Å². The van der Waals surface area contributed by atoms with E-state index in [1.165, 1.54) is 18.2 Å². The fourth-order valence-corrected chi connectivity index (χ4v) is 11.2. The number of cyclic esters (lactones) is 2. The van der Waals surface area contributed by atoms with E-state index in [1.807, 2.05) is 19.9 Å². The predicted octanol–water partition coefficient (Wildman–Crippen LogP) is 3.91. The molecular formula is C56H79N7O15. The van der Waals surface area contributed by atoms with Crippen molar-refractivity contribution in [2.75, 3.05) is 38.2 Å². The van der Waals surface area contributed by atoms with Crippen molar-refractivity contribution < 1.29 is 71.6 Å². The first-order valence-corrected chi connectivity index (χ1v) is 27.2. The van der Waals surface area contributed by atoms with Crippen molar-refractivity contribution in [3.05, 3.63) is 65.8 Å². The van der Waals surface area contributed by atoms with Gasteiger partial charge in [-0.2, -0.15) is 0 Å². The van der Waals surface area contributed by atoms with Crippen LogP contribution in [0.5, 0.6) is 0 Å². The second-order valence-electron chi connectivity index (χ2n) is 21.7. The van der Waals surface area contributed by atoms with Gasteiger partial charge in [-0.15, -0.1) is 0 Å². The molecule has 2 aliphatic carbocycles. The van der Waals surface area contributed by atoms with E-state index in [0.29, 0.717) is 56.5 Å². The number of epoxide rings is 1. The molecule has 6 rings (SSSR count). The largest absolute Gasteiger partial charge is 0.463 e. The Kier molecular flexibility index (Phi) is 21.2. The summed E-state index contributed by atoms with van der Waals surface area (Å²) >= 11 is 0. The van der Waals surface area contributed by atoms with Crippen LogP contribution in [0.4, 0.5) is 10.5 Å². The third kappa shape index (κ3) is 14.9. The van der Waals surface area contributed by atoms with Gasteiger partial charge in [0.05, 0.1) is 37.3 Å². The highest BCUT2D eigenvalue weighted by Gasteiger charge is 2.83. The number of anilines is 1. The summed E-state index contributed by atoms with van der Waals surface area (Å²) in [6.07, 6.45) is 8.78. The molecule has 22 nitrogen and oxygen atoms in total. The normalized spacial score (nSPS) is 28.7. The Balaban J connectivity index is 1.06. The zero-order valence-electron chi connectivity index (χ0n) is 45.7. The highest BCUT2D eigenvalue weighted by atomic mass is 16.6. The molecule has 22 heteroatoms. The molecule has 6 amide bonds. The number of unbranched alkanes of at least 4 members (excludes halogenated alkanes) is 2. The van der Waals surface area contributed by atoms with Gasteiger partial charge in [0.25, 0.3) is 0 Å². The van der Waals surface area contributed by atoms with Crippen molar-refractivity contribution in [3.63, 3.8) is 0 Å². The Morgan fingerprint density at radius 2 is 1.56 bits per heavy atom. The molecule has 3 heterocycles. The topological polar surface area (TPSA) is 324 Å².